The minimum atomic E-state index is -4.19. The van der Waals surface area contributed by atoms with Gasteiger partial charge < -0.3 is 4.74 Å². The fourth-order valence-electron chi connectivity index (χ4n) is 1.83. The van der Waals surface area contributed by atoms with E-state index in [9.17, 15) is 18.0 Å². The lowest BCUT2D eigenvalue weighted by molar-refractivity contribution is -0.136. The Morgan fingerprint density at radius 2 is 2.05 bits per heavy atom. The van der Waals surface area contributed by atoms with Crippen molar-refractivity contribution < 1.29 is 22.7 Å². The van der Waals surface area contributed by atoms with E-state index in [0.29, 0.717) is 5.69 Å². The van der Waals surface area contributed by atoms with E-state index in [1.165, 1.54) is 4.68 Å². The van der Waals surface area contributed by atoms with Gasteiger partial charge in [0, 0.05) is 13.0 Å². The lowest BCUT2D eigenvalue weighted by Crippen LogP contribution is -2.14. The number of alkyl halides is 3. The summed E-state index contributed by atoms with van der Waals surface area (Å²) in [7, 11) is 0. The normalized spacial score (nSPS) is 11.9. The Bertz CT molecular complexity index is 455. The third-order valence-electron chi connectivity index (χ3n) is 2.62. The molecule has 0 aliphatic heterocycles. The van der Waals surface area contributed by atoms with Crippen LogP contribution in [0.5, 0.6) is 0 Å². The van der Waals surface area contributed by atoms with Crippen molar-refractivity contribution in [2.45, 2.75) is 52.3 Å². The van der Waals surface area contributed by atoms with E-state index in [0.717, 1.165) is 0 Å². The number of aromatic nitrogens is 3. The maximum atomic E-state index is 12.1. The van der Waals surface area contributed by atoms with Crippen LogP contribution in [-0.2, 0) is 11.3 Å². The van der Waals surface area contributed by atoms with Crippen molar-refractivity contribution >= 4 is 5.97 Å². The number of esters is 1. The second-order valence-electron chi connectivity index (χ2n) is 4.64. The molecule has 1 aromatic heterocycles. The van der Waals surface area contributed by atoms with E-state index >= 15 is 0 Å². The van der Waals surface area contributed by atoms with Crippen LogP contribution in [0.1, 0.15) is 55.7 Å². The second-order valence-corrected chi connectivity index (χ2v) is 4.64. The van der Waals surface area contributed by atoms with Crippen LogP contribution in [0.3, 0.4) is 0 Å². The van der Waals surface area contributed by atoms with Crippen molar-refractivity contribution in [3.8, 4) is 0 Å². The Morgan fingerprint density at radius 1 is 1.40 bits per heavy atom. The highest BCUT2D eigenvalue weighted by Crippen LogP contribution is 2.23. The molecule has 0 saturated carbocycles. The van der Waals surface area contributed by atoms with Gasteiger partial charge in [0.1, 0.15) is 0 Å². The van der Waals surface area contributed by atoms with Crippen LogP contribution < -0.4 is 0 Å². The number of hydrogen-bond donors (Lipinski definition) is 0. The van der Waals surface area contributed by atoms with Crippen molar-refractivity contribution in [2.75, 3.05) is 6.61 Å². The molecule has 20 heavy (non-hydrogen) atoms. The number of hydrogen-bond acceptors (Lipinski definition) is 4. The van der Waals surface area contributed by atoms with Gasteiger partial charge in [-0.15, -0.1) is 5.10 Å². The van der Waals surface area contributed by atoms with Crippen LogP contribution in [0.2, 0.25) is 0 Å². The van der Waals surface area contributed by atoms with Gasteiger partial charge in [-0.2, -0.15) is 13.2 Å². The van der Waals surface area contributed by atoms with Crippen LogP contribution in [0, 0.1) is 0 Å². The molecule has 0 radical (unpaired) electrons. The first-order valence-corrected chi connectivity index (χ1v) is 6.43. The van der Waals surface area contributed by atoms with Crippen LogP contribution in [0.4, 0.5) is 13.2 Å². The molecule has 114 valence electrons. The quantitative estimate of drug-likeness (QED) is 0.757. The predicted molar refractivity (Wildman–Crippen MR) is 65.4 cm³/mol. The van der Waals surface area contributed by atoms with E-state index < -0.39 is 18.6 Å². The number of nitrogens with zero attached hydrogens (tertiary/aromatic N) is 3. The number of carbonyl (C=O) groups excluding carboxylic acids is 1. The summed E-state index contributed by atoms with van der Waals surface area (Å²) in [5, 5.41) is 7.49. The molecule has 0 unspecified atom stereocenters. The van der Waals surface area contributed by atoms with Gasteiger partial charge in [0.2, 0.25) is 0 Å². The first-order chi connectivity index (χ1) is 9.26. The molecule has 5 nitrogen and oxygen atoms in total. The predicted octanol–water partition coefficient (Wildman–Crippen LogP) is 2.92. The van der Waals surface area contributed by atoms with Crippen LogP contribution in [-0.4, -0.2) is 33.7 Å². The molecule has 0 aliphatic rings. The standard InChI is InChI=1S/C12H18F3N3O2/c1-4-20-11(19)9-10(8(2)3)18(17-16-9)7-5-6-12(13,14)15/h8H,4-7H2,1-3H3. The minimum absolute atomic E-state index is 0.0689. The highest BCUT2D eigenvalue weighted by Gasteiger charge is 2.27. The van der Waals surface area contributed by atoms with E-state index in [4.69, 9.17) is 4.74 Å². The Balaban J connectivity index is 2.84. The fourth-order valence-corrected chi connectivity index (χ4v) is 1.83. The van der Waals surface area contributed by atoms with Gasteiger partial charge in [0.15, 0.2) is 5.69 Å². The maximum Gasteiger partial charge on any atom is 0.389 e. The molecule has 0 N–H and O–H groups in total. The van der Waals surface area contributed by atoms with Crippen molar-refractivity contribution in [3.63, 3.8) is 0 Å². The molecule has 8 heteroatoms. The topological polar surface area (TPSA) is 57.0 Å². The number of rotatable bonds is 6. The first kappa shape index (κ1) is 16.5. The summed E-state index contributed by atoms with van der Waals surface area (Å²) in [5.41, 5.74) is 0.583. The molecule has 1 aromatic rings. The molecule has 0 saturated heterocycles. The number of carbonyl (C=O) groups is 1. The number of ether oxygens (including phenoxy) is 1. The van der Waals surface area contributed by atoms with E-state index in [1.54, 1.807) is 6.92 Å². The minimum Gasteiger partial charge on any atom is -0.461 e. The zero-order chi connectivity index (χ0) is 15.3. The SMILES string of the molecule is CCOC(=O)c1nnn(CCCC(F)(F)F)c1C(C)C. The van der Waals surface area contributed by atoms with E-state index in [1.807, 2.05) is 13.8 Å². The maximum absolute atomic E-state index is 12.1. The highest BCUT2D eigenvalue weighted by atomic mass is 19.4. The third-order valence-corrected chi connectivity index (χ3v) is 2.62. The Labute approximate surface area is 115 Å². The molecule has 0 aliphatic carbocycles. The Hall–Kier alpha value is -1.60. The second kappa shape index (κ2) is 6.71. The van der Waals surface area contributed by atoms with Gasteiger partial charge in [-0.25, -0.2) is 9.48 Å². The molecular formula is C12H18F3N3O2. The molecule has 0 atom stereocenters. The average molecular weight is 293 g/mol. The smallest absolute Gasteiger partial charge is 0.389 e. The van der Waals surface area contributed by atoms with Crippen molar-refractivity contribution in [2.24, 2.45) is 0 Å². The van der Waals surface area contributed by atoms with Gasteiger partial charge in [-0.1, -0.05) is 19.1 Å². The lowest BCUT2D eigenvalue weighted by atomic mass is 10.1. The summed E-state index contributed by atoms with van der Waals surface area (Å²) in [6.45, 7) is 5.58. The summed E-state index contributed by atoms with van der Waals surface area (Å²) in [4.78, 5) is 11.7. The molecule has 1 rings (SSSR count). The Kier molecular flexibility index (Phi) is 5.52. The monoisotopic (exact) mass is 293 g/mol. The van der Waals surface area contributed by atoms with Crippen molar-refractivity contribution in [3.05, 3.63) is 11.4 Å². The summed E-state index contributed by atoms with van der Waals surface area (Å²) < 4.78 is 42.6. The van der Waals surface area contributed by atoms with Crippen LogP contribution in [0.25, 0.3) is 0 Å². The largest absolute Gasteiger partial charge is 0.461 e. The van der Waals surface area contributed by atoms with Crippen LogP contribution in [0.15, 0.2) is 0 Å². The fraction of sp³-hybridized carbons (Fsp3) is 0.750. The summed E-state index contributed by atoms with van der Waals surface area (Å²) in [5.74, 6) is -0.687. The van der Waals surface area contributed by atoms with E-state index in [2.05, 4.69) is 10.3 Å². The molecule has 0 aromatic carbocycles. The van der Waals surface area contributed by atoms with Gasteiger partial charge in [0.25, 0.3) is 0 Å². The Morgan fingerprint density at radius 3 is 2.55 bits per heavy atom. The van der Waals surface area contributed by atoms with Gasteiger partial charge in [0.05, 0.1) is 12.3 Å². The van der Waals surface area contributed by atoms with Gasteiger partial charge in [-0.05, 0) is 19.3 Å². The first-order valence-electron chi connectivity index (χ1n) is 6.43. The lowest BCUT2D eigenvalue weighted by Gasteiger charge is -2.11. The molecule has 0 amide bonds. The molecule has 0 bridgehead atoms. The third kappa shape index (κ3) is 4.50. The number of aryl methyl sites for hydroxylation is 1. The molecule has 0 fully saturated rings. The number of halogens is 3. The summed E-state index contributed by atoms with van der Waals surface area (Å²) in [6.07, 6.45) is -5.18. The average Bonchev–Trinajstić information content (AvgIpc) is 2.71. The summed E-state index contributed by atoms with van der Waals surface area (Å²) >= 11 is 0. The highest BCUT2D eigenvalue weighted by molar-refractivity contribution is 5.88. The summed E-state index contributed by atoms with van der Waals surface area (Å²) in [6, 6.07) is 0. The van der Waals surface area contributed by atoms with E-state index in [-0.39, 0.29) is 31.2 Å². The van der Waals surface area contributed by atoms with Crippen LogP contribution >= 0.6 is 0 Å². The molecular weight excluding hydrogens is 275 g/mol. The van der Waals surface area contributed by atoms with Gasteiger partial charge in [-0.3, -0.25) is 0 Å². The van der Waals surface area contributed by atoms with Gasteiger partial charge >= 0.3 is 12.1 Å². The zero-order valence-corrected chi connectivity index (χ0v) is 11.7. The van der Waals surface area contributed by atoms with Crippen molar-refractivity contribution in [1.29, 1.82) is 0 Å². The van der Waals surface area contributed by atoms with Crippen molar-refractivity contribution in [1.82, 2.24) is 15.0 Å². The molecule has 0 spiro atoms. The molecule has 1 heterocycles. The zero-order valence-electron chi connectivity index (χ0n) is 11.7.